The van der Waals surface area contributed by atoms with Crippen molar-refractivity contribution in [1.29, 1.82) is 0 Å². The maximum atomic E-state index is 12.2. The SMILES string of the molecule is CCN=C(NC1CC(=O)N(c2ccccc2)C1)NC1CC1C.I. The molecule has 0 spiro atoms. The molecule has 0 bridgehead atoms. The average Bonchev–Trinajstić information content (AvgIpc) is 3.06. The number of aliphatic imine (C=N–C) groups is 1. The van der Waals surface area contributed by atoms with Gasteiger partial charge in [-0.05, 0) is 31.4 Å². The second-order valence-corrected chi connectivity index (χ2v) is 6.17. The van der Waals surface area contributed by atoms with Crippen LogP contribution < -0.4 is 15.5 Å². The number of guanidine groups is 1. The molecule has 1 aliphatic heterocycles. The first-order chi connectivity index (χ1) is 10.7. The Kier molecular flexibility index (Phi) is 6.26. The van der Waals surface area contributed by atoms with E-state index in [1.54, 1.807) is 0 Å². The summed E-state index contributed by atoms with van der Waals surface area (Å²) in [6, 6.07) is 10.5. The molecule has 2 N–H and O–H groups in total. The summed E-state index contributed by atoms with van der Waals surface area (Å²) in [5, 5.41) is 6.86. The van der Waals surface area contributed by atoms with Crippen LogP contribution in [-0.2, 0) is 4.79 Å². The number of anilines is 1. The van der Waals surface area contributed by atoms with Gasteiger partial charge in [0.25, 0.3) is 0 Å². The molecular formula is C17H25IN4O. The van der Waals surface area contributed by atoms with Gasteiger partial charge in [0.05, 0.1) is 6.04 Å². The van der Waals surface area contributed by atoms with E-state index in [0.29, 0.717) is 19.0 Å². The van der Waals surface area contributed by atoms with Crippen molar-refractivity contribution in [3.8, 4) is 0 Å². The summed E-state index contributed by atoms with van der Waals surface area (Å²) in [5.74, 6) is 1.72. The molecule has 1 amide bonds. The first-order valence-electron chi connectivity index (χ1n) is 8.10. The van der Waals surface area contributed by atoms with Crippen LogP contribution >= 0.6 is 24.0 Å². The number of hydrogen-bond acceptors (Lipinski definition) is 2. The van der Waals surface area contributed by atoms with Crippen molar-refractivity contribution in [2.45, 2.75) is 38.8 Å². The molecule has 1 aromatic rings. The molecule has 0 radical (unpaired) electrons. The van der Waals surface area contributed by atoms with Crippen LogP contribution in [-0.4, -0.2) is 37.0 Å². The minimum Gasteiger partial charge on any atom is -0.353 e. The summed E-state index contributed by atoms with van der Waals surface area (Å²) in [7, 11) is 0. The number of nitrogens with one attached hydrogen (secondary N) is 2. The van der Waals surface area contributed by atoms with Gasteiger partial charge in [-0.15, -0.1) is 24.0 Å². The van der Waals surface area contributed by atoms with E-state index in [1.165, 1.54) is 6.42 Å². The van der Waals surface area contributed by atoms with Crippen LogP contribution in [0.1, 0.15) is 26.7 Å². The van der Waals surface area contributed by atoms with Crippen molar-refractivity contribution in [2.24, 2.45) is 10.9 Å². The number of para-hydroxylation sites is 1. The monoisotopic (exact) mass is 428 g/mol. The predicted molar refractivity (Wildman–Crippen MR) is 104 cm³/mol. The maximum absolute atomic E-state index is 12.2. The van der Waals surface area contributed by atoms with Crippen molar-refractivity contribution < 1.29 is 4.79 Å². The van der Waals surface area contributed by atoms with Crippen molar-refractivity contribution in [3.05, 3.63) is 30.3 Å². The number of benzene rings is 1. The minimum atomic E-state index is 0. The van der Waals surface area contributed by atoms with Gasteiger partial charge in [0.1, 0.15) is 0 Å². The van der Waals surface area contributed by atoms with E-state index < -0.39 is 0 Å². The molecule has 1 saturated carbocycles. The number of halogens is 1. The lowest BCUT2D eigenvalue weighted by molar-refractivity contribution is -0.117. The topological polar surface area (TPSA) is 56.7 Å². The van der Waals surface area contributed by atoms with Crippen LogP contribution in [0.5, 0.6) is 0 Å². The summed E-state index contributed by atoms with van der Waals surface area (Å²) in [6.07, 6.45) is 1.71. The number of rotatable bonds is 4. The molecule has 2 fully saturated rings. The zero-order valence-corrected chi connectivity index (χ0v) is 16.0. The first-order valence-corrected chi connectivity index (χ1v) is 8.10. The molecule has 1 saturated heterocycles. The highest BCUT2D eigenvalue weighted by Gasteiger charge is 2.35. The van der Waals surface area contributed by atoms with Gasteiger partial charge < -0.3 is 15.5 Å². The molecule has 2 aliphatic rings. The zero-order chi connectivity index (χ0) is 15.5. The Morgan fingerprint density at radius 1 is 1.30 bits per heavy atom. The van der Waals surface area contributed by atoms with E-state index in [9.17, 15) is 4.79 Å². The molecule has 3 atom stereocenters. The molecule has 3 rings (SSSR count). The van der Waals surface area contributed by atoms with E-state index in [0.717, 1.165) is 24.1 Å². The summed E-state index contributed by atoms with van der Waals surface area (Å²) in [5.41, 5.74) is 0.967. The highest BCUT2D eigenvalue weighted by atomic mass is 127. The molecule has 6 heteroatoms. The van der Waals surface area contributed by atoms with E-state index in [4.69, 9.17) is 0 Å². The average molecular weight is 428 g/mol. The van der Waals surface area contributed by atoms with Gasteiger partial charge in [-0.1, -0.05) is 25.1 Å². The molecule has 5 nitrogen and oxygen atoms in total. The van der Waals surface area contributed by atoms with Gasteiger partial charge in [0.15, 0.2) is 5.96 Å². The molecule has 0 aromatic heterocycles. The molecule has 1 aliphatic carbocycles. The number of carbonyl (C=O) groups is 1. The van der Waals surface area contributed by atoms with Crippen LogP contribution in [0.25, 0.3) is 0 Å². The van der Waals surface area contributed by atoms with Gasteiger partial charge in [-0.2, -0.15) is 0 Å². The lowest BCUT2D eigenvalue weighted by atomic mass is 10.2. The Labute approximate surface area is 154 Å². The molecule has 3 unspecified atom stereocenters. The zero-order valence-electron chi connectivity index (χ0n) is 13.7. The fraction of sp³-hybridized carbons (Fsp3) is 0.529. The Morgan fingerprint density at radius 2 is 2.00 bits per heavy atom. The Bertz CT molecular complexity index is 563. The third-order valence-electron chi connectivity index (χ3n) is 4.28. The van der Waals surface area contributed by atoms with Crippen LogP contribution in [0.4, 0.5) is 5.69 Å². The van der Waals surface area contributed by atoms with Crippen LogP contribution in [0, 0.1) is 5.92 Å². The highest BCUT2D eigenvalue weighted by molar-refractivity contribution is 14.0. The van der Waals surface area contributed by atoms with Crippen LogP contribution in [0.2, 0.25) is 0 Å². The Morgan fingerprint density at radius 3 is 2.61 bits per heavy atom. The van der Waals surface area contributed by atoms with E-state index in [-0.39, 0.29) is 35.9 Å². The molecule has 1 aromatic carbocycles. The van der Waals surface area contributed by atoms with Gasteiger partial charge in [0, 0.05) is 31.2 Å². The summed E-state index contributed by atoms with van der Waals surface area (Å²) < 4.78 is 0. The van der Waals surface area contributed by atoms with Gasteiger partial charge in [0.2, 0.25) is 5.91 Å². The van der Waals surface area contributed by atoms with E-state index in [1.807, 2.05) is 42.2 Å². The third-order valence-corrected chi connectivity index (χ3v) is 4.28. The first kappa shape index (κ1) is 18.0. The normalized spacial score (nSPS) is 26.7. The highest BCUT2D eigenvalue weighted by Crippen LogP contribution is 2.29. The minimum absolute atomic E-state index is 0. The second-order valence-electron chi connectivity index (χ2n) is 6.17. The summed E-state index contributed by atoms with van der Waals surface area (Å²) >= 11 is 0. The van der Waals surface area contributed by atoms with Crippen molar-refractivity contribution in [2.75, 3.05) is 18.0 Å². The molecular weight excluding hydrogens is 403 g/mol. The molecule has 1 heterocycles. The predicted octanol–water partition coefficient (Wildman–Crippen LogP) is 2.37. The Hall–Kier alpha value is -1.31. The standard InChI is InChI=1S/C17H24N4O.HI/c1-3-18-17(20-15-9-12(15)2)19-13-10-16(22)21(11-13)14-7-5-4-6-8-14;/h4-8,12-13,15H,3,9-11H2,1-2H3,(H2,18,19,20);1H. The fourth-order valence-electron chi connectivity index (χ4n) is 2.84. The molecule has 126 valence electrons. The van der Waals surface area contributed by atoms with Crippen molar-refractivity contribution >= 4 is 41.5 Å². The fourth-order valence-corrected chi connectivity index (χ4v) is 2.84. The largest absolute Gasteiger partial charge is 0.353 e. The van der Waals surface area contributed by atoms with E-state index in [2.05, 4.69) is 22.5 Å². The van der Waals surface area contributed by atoms with Gasteiger partial charge >= 0.3 is 0 Å². The Balaban J connectivity index is 0.00000192. The summed E-state index contributed by atoms with van der Waals surface area (Å²) in [6.45, 7) is 5.68. The van der Waals surface area contributed by atoms with Crippen LogP contribution in [0.15, 0.2) is 35.3 Å². The maximum Gasteiger partial charge on any atom is 0.229 e. The molecule has 23 heavy (non-hydrogen) atoms. The second kappa shape index (κ2) is 7.99. The third kappa shape index (κ3) is 4.59. The van der Waals surface area contributed by atoms with Gasteiger partial charge in [-0.3, -0.25) is 9.79 Å². The lowest BCUT2D eigenvalue weighted by Crippen LogP contribution is -2.45. The van der Waals surface area contributed by atoms with Crippen LogP contribution in [0.3, 0.4) is 0 Å². The smallest absolute Gasteiger partial charge is 0.229 e. The number of amides is 1. The number of nitrogens with zero attached hydrogens (tertiary/aromatic N) is 2. The van der Waals surface area contributed by atoms with Gasteiger partial charge in [-0.25, -0.2) is 0 Å². The number of hydrogen-bond donors (Lipinski definition) is 2. The number of carbonyl (C=O) groups excluding carboxylic acids is 1. The van der Waals surface area contributed by atoms with Crippen molar-refractivity contribution in [1.82, 2.24) is 10.6 Å². The van der Waals surface area contributed by atoms with E-state index >= 15 is 0 Å². The quantitative estimate of drug-likeness (QED) is 0.440. The van der Waals surface area contributed by atoms with Crippen molar-refractivity contribution in [3.63, 3.8) is 0 Å². The summed E-state index contributed by atoms with van der Waals surface area (Å²) in [4.78, 5) is 18.6. The lowest BCUT2D eigenvalue weighted by Gasteiger charge is -2.19.